The van der Waals surface area contributed by atoms with Crippen molar-refractivity contribution in [3.8, 4) is 0 Å². The third-order valence-corrected chi connectivity index (χ3v) is 3.29. The van der Waals surface area contributed by atoms with Crippen molar-refractivity contribution in [3.05, 3.63) is 63.9 Å². The van der Waals surface area contributed by atoms with Crippen LogP contribution in [0.5, 0.6) is 0 Å². The second kappa shape index (κ2) is 5.97. The number of pyridine rings is 1. The van der Waals surface area contributed by atoms with Crippen molar-refractivity contribution in [1.82, 2.24) is 9.88 Å². The molecule has 1 aromatic carbocycles. The van der Waals surface area contributed by atoms with E-state index in [1.165, 1.54) is 5.56 Å². The summed E-state index contributed by atoms with van der Waals surface area (Å²) in [6.07, 6.45) is 1.62. The zero-order valence-electron chi connectivity index (χ0n) is 10.9. The first kappa shape index (κ1) is 13.7. The van der Waals surface area contributed by atoms with Crippen LogP contribution in [-0.4, -0.2) is 22.8 Å². The number of benzene rings is 1. The summed E-state index contributed by atoms with van der Waals surface area (Å²) in [7, 11) is 1.80. The number of halogens is 1. The zero-order valence-corrected chi connectivity index (χ0v) is 12.5. The van der Waals surface area contributed by atoms with Crippen LogP contribution in [0.2, 0.25) is 0 Å². The highest BCUT2D eigenvalue weighted by atomic mass is 79.9. The monoisotopic (exact) mass is 318 g/mol. The van der Waals surface area contributed by atoms with Crippen molar-refractivity contribution >= 4 is 21.8 Å². The first-order valence-electron chi connectivity index (χ1n) is 5.99. The third kappa shape index (κ3) is 3.64. The van der Waals surface area contributed by atoms with E-state index in [0.717, 1.165) is 5.56 Å². The van der Waals surface area contributed by atoms with Gasteiger partial charge in [0.2, 0.25) is 0 Å². The number of rotatable bonds is 3. The Labute approximate surface area is 121 Å². The number of aryl methyl sites for hydroxylation is 1. The van der Waals surface area contributed by atoms with Crippen molar-refractivity contribution in [3.63, 3.8) is 0 Å². The summed E-state index contributed by atoms with van der Waals surface area (Å²) >= 11 is 3.27. The molecule has 0 radical (unpaired) electrons. The van der Waals surface area contributed by atoms with Gasteiger partial charge in [0.15, 0.2) is 0 Å². The lowest BCUT2D eigenvalue weighted by Crippen LogP contribution is -2.26. The molecule has 2 rings (SSSR count). The lowest BCUT2D eigenvalue weighted by Gasteiger charge is -2.17. The van der Waals surface area contributed by atoms with E-state index in [2.05, 4.69) is 33.0 Å². The average Bonchev–Trinajstić information content (AvgIpc) is 2.40. The van der Waals surface area contributed by atoms with E-state index in [-0.39, 0.29) is 5.91 Å². The molecule has 0 bridgehead atoms. The number of hydrogen-bond donors (Lipinski definition) is 0. The number of hydrogen-bond acceptors (Lipinski definition) is 2. The average molecular weight is 319 g/mol. The number of carbonyl (C=O) groups excluding carboxylic acids is 1. The normalized spacial score (nSPS) is 10.3. The zero-order chi connectivity index (χ0) is 13.8. The molecule has 3 nitrogen and oxygen atoms in total. The fourth-order valence-corrected chi connectivity index (χ4v) is 2.16. The van der Waals surface area contributed by atoms with E-state index in [4.69, 9.17) is 0 Å². The minimum absolute atomic E-state index is 0.0105. The number of amides is 1. The van der Waals surface area contributed by atoms with Crippen molar-refractivity contribution in [2.75, 3.05) is 7.05 Å². The first-order chi connectivity index (χ1) is 9.06. The van der Waals surface area contributed by atoms with Crippen LogP contribution in [0.3, 0.4) is 0 Å². The quantitative estimate of drug-likeness (QED) is 0.812. The van der Waals surface area contributed by atoms with Gasteiger partial charge in [-0.05, 0) is 40.5 Å². The molecule has 0 N–H and O–H groups in total. The number of nitrogens with zero attached hydrogens (tertiary/aromatic N) is 2. The maximum absolute atomic E-state index is 12.2. The summed E-state index contributed by atoms with van der Waals surface area (Å²) in [5, 5.41) is 0. The Kier molecular flexibility index (Phi) is 4.32. The van der Waals surface area contributed by atoms with Gasteiger partial charge in [0.25, 0.3) is 5.91 Å². The van der Waals surface area contributed by atoms with Crippen LogP contribution >= 0.6 is 15.9 Å². The highest BCUT2D eigenvalue weighted by molar-refractivity contribution is 9.10. The second-order valence-corrected chi connectivity index (χ2v) is 5.33. The molecule has 0 unspecified atom stereocenters. The molecule has 0 aliphatic carbocycles. The van der Waals surface area contributed by atoms with Crippen molar-refractivity contribution in [2.45, 2.75) is 13.5 Å². The van der Waals surface area contributed by atoms with Crippen LogP contribution in [0.1, 0.15) is 21.5 Å². The topological polar surface area (TPSA) is 33.2 Å². The van der Waals surface area contributed by atoms with Crippen molar-refractivity contribution in [1.29, 1.82) is 0 Å². The molecule has 19 heavy (non-hydrogen) atoms. The number of aromatic nitrogens is 1. The molecule has 0 aliphatic heterocycles. The smallest absolute Gasteiger partial charge is 0.254 e. The Morgan fingerprint density at radius 2 is 1.95 bits per heavy atom. The largest absolute Gasteiger partial charge is 0.337 e. The predicted molar refractivity (Wildman–Crippen MR) is 78.9 cm³/mol. The summed E-state index contributed by atoms with van der Waals surface area (Å²) < 4.78 is 0.669. The summed E-state index contributed by atoms with van der Waals surface area (Å²) in [6.45, 7) is 2.65. The Bertz CT molecular complexity index is 581. The van der Waals surface area contributed by atoms with E-state index in [9.17, 15) is 4.79 Å². The molecule has 0 spiro atoms. The maximum atomic E-state index is 12.2. The van der Waals surface area contributed by atoms with Crippen LogP contribution in [0.25, 0.3) is 0 Å². The van der Waals surface area contributed by atoms with Crippen LogP contribution in [0.15, 0.2) is 47.2 Å². The molecule has 0 saturated carbocycles. The van der Waals surface area contributed by atoms with Gasteiger partial charge in [0.05, 0.1) is 0 Å². The van der Waals surface area contributed by atoms with E-state index >= 15 is 0 Å². The highest BCUT2D eigenvalue weighted by Crippen LogP contribution is 2.12. The maximum Gasteiger partial charge on any atom is 0.254 e. The van der Waals surface area contributed by atoms with Crippen molar-refractivity contribution < 1.29 is 4.79 Å². The van der Waals surface area contributed by atoms with Crippen LogP contribution < -0.4 is 0 Å². The van der Waals surface area contributed by atoms with Crippen LogP contribution in [0, 0.1) is 6.92 Å². The summed E-state index contributed by atoms with van der Waals surface area (Å²) in [4.78, 5) is 18.0. The van der Waals surface area contributed by atoms with Gasteiger partial charge in [-0.3, -0.25) is 4.79 Å². The molecular weight excluding hydrogens is 304 g/mol. The molecule has 2 aromatic rings. The molecule has 0 saturated heterocycles. The molecule has 98 valence electrons. The lowest BCUT2D eigenvalue weighted by atomic mass is 10.1. The molecule has 0 atom stereocenters. The standard InChI is InChI=1S/C15H15BrN2O/c1-11-3-5-12(6-4-11)10-18(2)15(19)13-7-8-17-14(16)9-13/h3-9H,10H2,1-2H3. The third-order valence-electron chi connectivity index (χ3n) is 2.86. The van der Waals surface area contributed by atoms with Gasteiger partial charge in [-0.2, -0.15) is 0 Å². The second-order valence-electron chi connectivity index (χ2n) is 4.51. The predicted octanol–water partition coefficient (Wildman–Crippen LogP) is 3.42. The minimum atomic E-state index is -0.0105. The van der Waals surface area contributed by atoms with Crippen LogP contribution in [-0.2, 0) is 6.54 Å². The number of carbonyl (C=O) groups is 1. The lowest BCUT2D eigenvalue weighted by molar-refractivity contribution is 0.0785. The van der Waals surface area contributed by atoms with Gasteiger partial charge in [-0.15, -0.1) is 0 Å². The van der Waals surface area contributed by atoms with Gasteiger partial charge in [0, 0.05) is 25.4 Å². The fraction of sp³-hybridized carbons (Fsp3) is 0.200. The molecule has 1 heterocycles. The van der Waals surface area contributed by atoms with Gasteiger partial charge < -0.3 is 4.90 Å². The molecule has 0 aliphatic rings. The van der Waals surface area contributed by atoms with E-state index < -0.39 is 0 Å². The molecular formula is C15H15BrN2O. The van der Waals surface area contributed by atoms with Gasteiger partial charge >= 0.3 is 0 Å². The van der Waals surface area contributed by atoms with E-state index in [1.807, 2.05) is 19.1 Å². The minimum Gasteiger partial charge on any atom is -0.337 e. The van der Waals surface area contributed by atoms with Gasteiger partial charge in [0.1, 0.15) is 4.60 Å². The molecule has 1 aromatic heterocycles. The van der Waals surface area contributed by atoms with Gasteiger partial charge in [-0.25, -0.2) is 4.98 Å². The van der Waals surface area contributed by atoms with Gasteiger partial charge in [-0.1, -0.05) is 29.8 Å². The summed E-state index contributed by atoms with van der Waals surface area (Å²) in [6, 6.07) is 11.6. The Hall–Kier alpha value is -1.68. The summed E-state index contributed by atoms with van der Waals surface area (Å²) in [5.74, 6) is -0.0105. The fourth-order valence-electron chi connectivity index (χ4n) is 1.80. The first-order valence-corrected chi connectivity index (χ1v) is 6.78. The Morgan fingerprint density at radius 1 is 1.26 bits per heavy atom. The molecule has 4 heteroatoms. The highest BCUT2D eigenvalue weighted by Gasteiger charge is 2.12. The van der Waals surface area contributed by atoms with Crippen LogP contribution in [0.4, 0.5) is 0 Å². The molecule has 0 fully saturated rings. The van der Waals surface area contributed by atoms with Crippen molar-refractivity contribution in [2.24, 2.45) is 0 Å². The SMILES string of the molecule is Cc1ccc(CN(C)C(=O)c2ccnc(Br)c2)cc1. The Morgan fingerprint density at radius 3 is 2.58 bits per heavy atom. The summed E-state index contributed by atoms with van der Waals surface area (Å²) in [5.41, 5.74) is 2.97. The van der Waals surface area contributed by atoms with E-state index in [0.29, 0.717) is 16.7 Å². The Balaban J connectivity index is 2.09. The van der Waals surface area contributed by atoms with E-state index in [1.54, 1.807) is 30.3 Å². The molecule has 1 amide bonds.